The molecule has 0 bridgehead atoms. The Balaban J connectivity index is 2.42. The van der Waals surface area contributed by atoms with Gasteiger partial charge in [-0.1, -0.05) is 23.7 Å². The van der Waals surface area contributed by atoms with Gasteiger partial charge in [0.2, 0.25) is 0 Å². The molecule has 13 heavy (non-hydrogen) atoms. The number of halogens is 1. The molecule has 2 rings (SSSR count). The van der Waals surface area contributed by atoms with Gasteiger partial charge in [-0.25, -0.2) is 9.97 Å². The van der Waals surface area contributed by atoms with Crippen LogP contribution in [0.2, 0.25) is 5.02 Å². The van der Waals surface area contributed by atoms with Crippen molar-refractivity contribution in [2.75, 3.05) is 0 Å². The summed E-state index contributed by atoms with van der Waals surface area (Å²) in [7, 11) is 0. The summed E-state index contributed by atoms with van der Waals surface area (Å²) in [5.74, 6) is 0. The standard InChI is InChI=1S/C10H7ClN2/c11-10-3-1-8(2-4-10)9-5-12-7-13-6-9/h1-7H. The Morgan fingerprint density at radius 1 is 0.846 bits per heavy atom. The van der Waals surface area contributed by atoms with E-state index in [9.17, 15) is 0 Å². The number of benzene rings is 1. The van der Waals surface area contributed by atoms with Gasteiger partial charge in [0.15, 0.2) is 0 Å². The zero-order valence-electron chi connectivity index (χ0n) is 6.81. The van der Waals surface area contributed by atoms with Gasteiger partial charge in [0.05, 0.1) is 0 Å². The van der Waals surface area contributed by atoms with Crippen molar-refractivity contribution >= 4 is 11.6 Å². The zero-order valence-corrected chi connectivity index (χ0v) is 7.57. The van der Waals surface area contributed by atoms with Crippen molar-refractivity contribution in [3.05, 3.63) is 48.0 Å². The summed E-state index contributed by atoms with van der Waals surface area (Å²) in [4.78, 5) is 7.88. The molecule has 0 aliphatic rings. The van der Waals surface area contributed by atoms with Crippen LogP contribution in [-0.2, 0) is 0 Å². The third-order valence-corrected chi connectivity index (χ3v) is 1.99. The summed E-state index contributed by atoms with van der Waals surface area (Å²) in [5.41, 5.74) is 2.07. The monoisotopic (exact) mass is 190 g/mol. The first-order valence-corrected chi connectivity index (χ1v) is 4.25. The van der Waals surface area contributed by atoms with Crippen LogP contribution in [-0.4, -0.2) is 9.97 Å². The largest absolute Gasteiger partial charge is 0.244 e. The second kappa shape index (κ2) is 3.54. The lowest BCUT2D eigenvalue weighted by Gasteiger charge is -1.98. The van der Waals surface area contributed by atoms with Gasteiger partial charge in [-0.15, -0.1) is 0 Å². The molecule has 0 radical (unpaired) electrons. The summed E-state index contributed by atoms with van der Waals surface area (Å²) in [6.45, 7) is 0. The fourth-order valence-electron chi connectivity index (χ4n) is 1.09. The van der Waals surface area contributed by atoms with Crippen LogP contribution in [0.5, 0.6) is 0 Å². The second-order valence-corrected chi connectivity index (χ2v) is 3.07. The molecule has 0 unspecified atom stereocenters. The summed E-state index contributed by atoms with van der Waals surface area (Å²) in [6.07, 6.45) is 5.06. The van der Waals surface area contributed by atoms with E-state index in [0.717, 1.165) is 16.1 Å². The molecule has 0 saturated carbocycles. The van der Waals surface area contributed by atoms with E-state index in [0.29, 0.717) is 0 Å². The van der Waals surface area contributed by atoms with Crippen LogP contribution in [0.15, 0.2) is 43.0 Å². The van der Waals surface area contributed by atoms with Crippen LogP contribution in [0.1, 0.15) is 0 Å². The van der Waals surface area contributed by atoms with Crippen molar-refractivity contribution < 1.29 is 0 Å². The van der Waals surface area contributed by atoms with Gasteiger partial charge >= 0.3 is 0 Å². The van der Waals surface area contributed by atoms with Gasteiger partial charge in [0.25, 0.3) is 0 Å². The maximum atomic E-state index is 5.77. The van der Waals surface area contributed by atoms with E-state index in [1.54, 1.807) is 12.4 Å². The minimum atomic E-state index is 0.737. The number of rotatable bonds is 1. The van der Waals surface area contributed by atoms with Crippen molar-refractivity contribution in [1.29, 1.82) is 0 Å². The topological polar surface area (TPSA) is 25.8 Å². The number of hydrogen-bond acceptors (Lipinski definition) is 2. The maximum absolute atomic E-state index is 5.77. The Labute approximate surface area is 81.2 Å². The quantitative estimate of drug-likeness (QED) is 0.691. The smallest absolute Gasteiger partial charge is 0.115 e. The summed E-state index contributed by atoms with van der Waals surface area (Å²) >= 11 is 5.77. The number of aromatic nitrogens is 2. The molecular formula is C10H7ClN2. The van der Waals surface area contributed by atoms with E-state index in [2.05, 4.69) is 9.97 Å². The first-order chi connectivity index (χ1) is 6.36. The first kappa shape index (κ1) is 8.20. The maximum Gasteiger partial charge on any atom is 0.115 e. The van der Waals surface area contributed by atoms with E-state index < -0.39 is 0 Å². The summed E-state index contributed by atoms with van der Waals surface area (Å²) in [5, 5.41) is 0.737. The third-order valence-electron chi connectivity index (χ3n) is 1.74. The van der Waals surface area contributed by atoms with Gasteiger partial charge in [-0.05, 0) is 17.7 Å². The molecule has 0 fully saturated rings. The van der Waals surface area contributed by atoms with Gasteiger partial charge in [0.1, 0.15) is 6.33 Å². The van der Waals surface area contributed by atoms with E-state index in [-0.39, 0.29) is 0 Å². The molecule has 2 nitrogen and oxygen atoms in total. The summed E-state index contributed by atoms with van der Waals surface area (Å²) in [6, 6.07) is 7.59. The molecule has 0 spiro atoms. The lowest BCUT2D eigenvalue weighted by Crippen LogP contribution is -1.80. The average Bonchev–Trinajstić information content (AvgIpc) is 2.20. The summed E-state index contributed by atoms with van der Waals surface area (Å²) < 4.78 is 0. The van der Waals surface area contributed by atoms with Crippen molar-refractivity contribution in [2.45, 2.75) is 0 Å². The SMILES string of the molecule is Clc1ccc(-c2cncnc2)cc1. The fourth-order valence-corrected chi connectivity index (χ4v) is 1.22. The Hall–Kier alpha value is -1.41. The van der Waals surface area contributed by atoms with Crippen molar-refractivity contribution in [3.8, 4) is 11.1 Å². The molecule has 0 atom stereocenters. The molecular weight excluding hydrogens is 184 g/mol. The lowest BCUT2D eigenvalue weighted by atomic mass is 10.1. The predicted molar refractivity (Wildman–Crippen MR) is 52.5 cm³/mol. The molecule has 0 saturated heterocycles. The van der Waals surface area contributed by atoms with Gasteiger partial charge in [0, 0.05) is 23.0 Å². The van der Waals surface area contributed by atoms with Crippen LogP contribution >= 0.6 is 11.6 Å². The average molecular weight is 191 g/mol. The van der Waals surface area contributed by atoms with E-state index in [1.165, 1.54) is 6.33 Å². The number of hydrogen-bond donors (Lipinski definition) is 0. The highest BCUT2D eigenvalue weighted by atomic mass is 35.5. The van der Waals surface area contributed by atoms with Crippen LogP contribution < -0.4 is 0 Å². The Bertz CT molecular complexity index is 383. The minimum absolute atomic E-state index is 0.737. The Morgan fingerprint density at radius 2 is 1.46 bits per heavy atom. The highest BCUT2D eigenvalue weighted by molar-refractivity contribution is 6.30. The van der Waals surface area contributed by atoms with Crippen LogP contribution in [0.4, 0.5) is 0 Å². The Morgan fingerprint density at radius 3 is 2.08 bits per heavy atom. The Kier molecular flexibility index (Phi) is 2.23. The second-order valence-electron chi connectivity index (χ2n) is 2.63. The number of nitrogens with zero attached hydrogens (tertiary/aromatic N) is 2. The van der Waals surface area contributed by atoms with E-state index >= 15 is 0 Å². The van der Waals surface area contributed by atoms with E-state index in [1.807, 2.05) is 24.3 Å². The van der Waals surface area contributed by atoms with Crippen LogP contribution in [0.25, 0.3) is 11.1 Å². The highest BCUT2D eigenvalue weighted by Crippen LogP contribution is 2.19. The molecule has 1 aromatic carbocycles. The van der Waals surface area contributed by atoms with Crippen molar-refractivity contribution in [1.82, 2.24) is 9.97 Å². The predicted octanol–water partition coefficient (Wildman–Crippen LogP) is 2.80. The lowest BCUT2D eigenvalue weighted by molar-refractivity contribution is 1.17. The zero-order chi connectivity index (χ0) is 9.10. The van der Waals surface area contributed by atoms with E-state index in [4.69, 9.17) is 11.6 Å². The van der Waals surface area contributed by atoms with Gasteiger partial charge < -0.3 is 0 Å². The molecule has 64 valence electrons. The van der Waals surface area contributed by atoms with Crippen molar-refractivity contribution in [2.24, 2.45) is 0 Å². The fraction of sp³-hybridized carbons (Fsp3) is 0. The molecule has 3 heteroatoms. The van der Waals surface area contributed by atoms with Crippen molar-refractivity contribution in [3.63, 3.8) is 0 Å². The van der Waals surface area contributed by atoms with Gasteiger partial charge in [-0.3, -0.25) is 0 Å². The highest BCUT2D eigenvalue weighted by Gasteiger charge is 1.96. The molecule has 0 aliphatic carbocycles. The third kappa shape index (κ3) is 1.84. The first-order valence-electron chi connectivity index (χ1n) is 3.87. The minimum Gasteiger partial charge on any atom is -0.244 e. The van der Waals surface area contributed by atoms with Crippen LogP contribution in [0, 0.1) is 0 Å². The molecule has 1 aromatic heterocycles. The molecule has 0 N–H and O–H groups in total. The normalized spacial score (nSPS) is 9.92. The molecule has 1 heterocycles. The van der Waals surface area contributed by atoms with Crippen LogP contribution in [0.3, 0.4) is 0 Å². The molecule has 0 aliphatic heterocycles. The molecule has 2 aromatic rings. The molecule has 0 amide bonds. The van der Waals surface area contributed by atoms with Gasteiger partial charge in [-0.2, -0.15) is 0 Å².